The van der Waals surface area contributed by atoms with Gasteiger partial charge in [0.2, 0.25) is 0 Å². The number of aryl methyl sites for hydroxylation is 1. The van der Waals surface area contributed by atoms with Crippen LogP contribution in [0.25, 0.3) is 11.4 Å². The maximum Gasteiger partial charge on any atom is 0.159 e. The van der Waals surface area contributed by atoms with E-state index in [4.69, 9.17) is 4.74 Å². The van der Waals surface area contributed by atoms with Crippen molar-refractivity contribution in [3.05, 3.63) is 42.2 Å². The van der Waals surface area contributed by atoms with Gasteiger partial charge in [-0.1, -0.05) is 65.2 Å². The monoisotopic (exact) mass is 446 g/mol. The van der Waals surface area contributed by atoms with E-state index in [1.54, 1.807) is 0 Å². The summed E-state index contributed by atoms with van der Waals surface area (Å²) in [5.74, 6) is 1.32. The van der Waals surface area contributed by atoms with E-state index in [9.17, 15) is 8.78 Å². The fraction of sp³-hybridized carbons (Fsp3) is 0.630. The Bertz CT molecular complexity index is 721. The van der Waals surface area contributed by atoms with Crippen molar-refractivity contribution in [3.8, 4) is 17.1 Å². The standard InChI is InChI=1S/C27H40F2N2O/c1-3-5-6-7-8-9-10-11-13-22-20-30-27(31-21-22)23-14-16-24(17-15-23)32-19-18-26(29)25(28)12-4-2/h14-17,20-21,25-26H,3-13,18-19H2,1-2H3. The summed E-state index contributed by atoms with van der Waals surface area (Å²) in [4.78, 5) is 9.01. The molecular weight excluding hydrogens is 406 g/mol. The van der Waals surface area contributed by atoms with Crippen molar-refractivity contribution in [1.29, 1.82) is 0 Å². The number of hydrogen-bond donors (Lipinski definition) is 0. The second kappa shape index (κ2) is 15.7. The first-order valence-electron chi connectivity index (χ1n) is 12.5. The molecule has 0 saturated carbocycles. The number of halogens is 2. The maximum absolute atomic E-state index is 13.7. The Labute approximate surface area is 193 Å². The predicted molar refractivity (Wildman–Crippen MR) is 129 cm³/mol. The highest BCUT2D eigenvalue weighted by molar-refractivity contribution is 5.55. The van der Waals surface area contributed by atoms with E-state index < -0.39 is 12.3 Å². The van der Waals surface area contributed by atoms with Crippen LogP contribution in [0.4, 0.5) is 8.78 Å². The van der Waals surface area contributed by atoms with Crippen molar-refractivity contribution in [3.63, 3.8) is 0 Å². The third-order valence-corrected chi connectivity index (χ3v) is 5.76. The lowest BCUT2D eigenvalue weighted by molar-refractivity contribution is 0.129. The van der Waals surface area contributed by atoms with Gasteiger partial charge in [-0.05, 0) is 49.1 Å². The summed E-state index contributed by atoms with van der Waals surface area (Å²) in [5, 5.41) is 0. The molecule has 0 aliphatic heterocycles. The van der Waals surface area contributed by atoms with Crippen molar-refractivity contribution in [2.45, 2.75) is 103 Å². The van der Waals surface area contributed by atoms with Crippen molar-refractivity contribution in [2.24, 2.45) is 0 Å². The molecular formula is C27H40F2N2O. The van der Waals surface area contributed by atoms with Gasteiger partial charge in [0.1, 0.15) is 18.1 Å². The zero-order valence-corrected chi connectivity index (χ0v) is 19.9. The molecule has 0 amide bonds. The molecule has 0 fully saturated rings. The summed E-state index contributed by atoms with van der Waals surface area (Å²) in [6.45, 7) is 4.27. The molecule has 1 aromatic heterocycles. The SMILES string of the molecule is CCCCCCCCCCc1cnc(-c2ccc(OCCC(F)C(F)CCC)cc2)nc1. The lowest BCUT2D eigenvalue weighted by atomic mass is 10.1. The smallest absolute Gasteiger partial charge is 0.159 e. The number of nitrogens with zero attached hydrogens (tertiary/aromatic N) is 2. The quantitative estimate of drug-likeness (QED) is 0.230. The van der Waals surface area contributed by atoms with Crippen molar-refractivity contribution < 1.29 is 13.5 Å². The summed E-state index contributed by atoms with van der Waals surface area (Å²) in [5.41, 5.74) is 2.08. The molecule has 2 atom stereocenters. The van der Waals surface area contributed by atoms with Gasteiger partial charge >= 0.3 is 0 Å². The molecule has 0 aliphatic rings. The molecule has 3 nitrogen and oxygen atoms in total. The maximum atomic E-state index is 13.7. The topological polar surface area (TPSA) is 35.0 Å². The van der Waals surface area contributed by atoms with Gasteiger partial charge in [-0.2, -0.15) is 0 Å². The molecule has 178 valence electrons. The third kappa shape index (κ3) is 10.1. The van der Waals surface area contributed by atoms with Crippen LogP contribution in [0, 0.1) is 0 Å². The Kier molecular flexibility index (Phi) is 12.9. The zero-order valence-electron chi connectivity index (χ0n) is 19.9. The van der Waals surface area contributed by atoms with Gasteiger partial charge in [-0.15, -0.1) is 0 Å². The highest BCUT2D eigenvalue weighted by Crippen LogP contribution is 2.21. The Morgan fingerprint density at radius 2 is 1.34 bits per heavy atom. The van der Waals surface area contributed by atoms with E-state index in [2.05, 4.69) is 16.9 Å². The second-order valence-corrected chi connectivity index (χ2v) is 8.62. The van der Waals surface area contributed by atoms with Gasteiger partial charge in [-0.25, -0.2) is 18.7 Å². The first-order chi connectivity index (χ1) is 15.6. The largest absolute Gasteiger partial charge is 0.493 e. The van der Waals surface area contributed by atoms with Gasteiger partial charge in [0.25, 0.3) is 0 Å². The van der Waals surface area contributed by atoms with E-state index in [1.165, 1.54) is 56.9 Å². The number of alkyl halides is 2. The number of hydrogen-bond acceptors (Lipinski definition) is 3. The minimum Gasteiger partial charge on any atom is -0.493 e. The van der Waals surface area contributed by atoms with E-state index >= 15 is 0 Å². The van der Waals surface area contributed by atoms with Gasteiger partial charge in [-0.3, -0.25) is 0 Å². The van der Waals surface area contributed by atoms with Crippen LogP contribution in [-0.2, 0) is 6.42 Å². The number of benzene rings is 1. The summed E-state index contributed by atoms with van der Waals surface area (Å²) in [6, 6.07) is 7.42. The predicted octanol–water partition coefficient (Wildman–Crippen LogP) is 8.07. The van der Waals surface area contributed by atoms with Crippen LogP contribution in [-0.4, -0.2) is 28.9 Å². The molecule has 5 heteroatoms. The minimum atomic E-state index is -1.47. The summed E-state index contributed by atoms with van der Waals surface area (Å²) in [7, 11) is 0. The van der Waals surface area contributed by atoms with Crippen LogP contribution in [0.15, 0.2) is 36.7 Å². The van der Waals surface area contributed by atoms with Gasteiger partial charge in [0.15, 0.2) is 5.82 Å². The molecule has 0 saturated heterocycles. The number of unbranched alkanes of at least 4 members (excludes halogenated alkanes) is 7. The number of aromatic nitrogens is 2. The molecule has 0 radical (unpaired) electrons. The highest BCUT2D eigenvalue weighted by Gasteiger charge is 2.19. The highest BCUT2D eigenvalue weighted by atomic mass is 19.2. The minimum absolute atomic E-state index is 0.0619. The van der Waals surface area contributed by atoms with Gasteiger partial charge in [0, 0.05) is 24.4 Å². The fourth-order valence-electron chi connectivity index (χ4n) is 3.72. The first kappa shape index (κ1) is 26.2. The average molecular weight is 447 g/mol. The Balaban J connectivity index is 1.69. The van der Waals surface area contributed by atoms with Crippen LogP contribution in [0.3, 0.4) is 0 Å². The van der Waals surface area contributed by atoms with Crippen LogP contribution in [0.2, 0.25) is 0 Å². The first-order valence-corrected chi connectivity index (χ1v) is 12.5. The van der Waals surface area contributed by atoms with Gasteiger partial charge < -0.3 is 4.74 Å². The molecule has 2 rings (SSSR count). The van der Waals surface area contributed by atoms with Crippen LogP contribution >= 0.6 is 0 Å². The molecule has 1 aromatic carbocycles. The molecule has 2 aromatic rings. The van der Waals surface area contributed by atoms with Crippen molar-refractivity contribution in [1.82, 2.24) is 9.97 Å². The normalized spacial score (nSPS) is 13.1. The second-order valence-electron chi connectivity index (χ2n) is 8.62. The molecule has 32 heavy (non-hydrogen) atoms. The van der Waals surface area contributed by atoms with E-state index in [1.807, 2.05) is 43.6 Å². The fourth-order valence-corrected chi connectivity index (χ4v) is 3.72. The summed E-state index contributed by atoms with van der Waals surface area (Å²) >= 11 is 0. The molecule has 0 N–H and O–H groups in total. The Hall–Kier alpha value is -2.04. The lowest BCUT2D eigenvalue weighted by Crippen LogP contribution is -2.19. The Morgan fingerprint density at radius 3 is 1.97 bits per heavy atom. The Morgan fingerprint density at radius 1 is 0.750 bits per heavy atom. The summed E-state index contributed by atoms with van der Waals surface area (Å²) in [6.07, 6.45) is 13.5. The van der Waals surface area contributed by atoms with E-state index in [-0.39, 0.29) is 19.4 Å². The van der Waals surface area contributed by atoms with E-state index in [0.29, 0.717) is 18.0 Å². The van der Waals surface area contributed by atoms with Crippen molar-refractivity contribution >= 4 is 0 Å². The van der Waals surface area contributed by atoms with Gasteiger partial charge in [0.05, 0.1) is 6.61 Å². The molecule has 1 heterocycles. The van der Waals surface area contributed by atoms with Crippen LogP contribution in [0.5, 0.6) is 5.75 Å². The summed E-state index contributed by atoms with van der Waals surface area (Å²) < 4.78 is 32.8. The average Bonchev–Trinajstić information content (AvgIpc) is 2.82. The lowest BCUT2D eigenvalue weighted by Gasteiger charge is -2.13. The zero-order chi connectivity index (χ0) is 23.0. The van der Waals surface area contributed by atoms with E-state index in [0.717, 1.165) is 12.0 Å². The molecule has 0 spiro atoms. The number of rotatable bonds is 17. The molecule has 0 bridgehead atoms. The van der Waals surface area contributed by atoms with Crippen molar-refractivity contribution in [2.75, 3.05) is 6.61 Å². The molecule has 2 unspecified atom stereocenters. The van der Waals surface area contributed by atoms with Crippen LogP contribution in [0.1, 0.15) is 90.0 Å². The number of ether oxygens (including phenoxy) is 1. The third-order valence-electron chi connectivity index (χ3n) is 5.76. The van der Waals surface area contributed by atoms with Crippen LogP contribution < -0.4 is 4.74 Å². The molecule has 0 aliphatic carbocycles.